The first-order valence-corrected chi connectivity index (χ1v) is 19.6. The van der Waals surface area contributed by atoms with Crippen LogP contribution in [0.5, 0.6) is 0 Å². The lowest BCUT2D eigenvalue weighted by Gasteiger charge is -2.09. The van der Waals surface area contributed by atoms with Crippen LogP contribution in [0.2, 0.25) is 0 Å². The maximum absolute atomic E-state index is 7.08. The van der Waals surface area contributed by atoms with Crippen molar-refractivity contribution in [2.24, 2.45) is 0 Å². The van der Waals surface area contributed by atoms with Crippen LogP contribution in [0.4, 0.5) is 0 Å². The van der Waals surface area contributed by atoms with Crippen molar-refractivity contribution in [3.05, 3.63) is 164 Å². The molecule has 6 heteroatoms. The molecule has 0 saturated heterocycles. The predicted molar refractivity (Wildman–Crippen MR) is 232 cm³/mol. The number of benzene rings is 8. The fourth-order valence-electron chi connectivity index (χ4n) is 8.93. The number of aromatic nitrogens is 3. The summed E-state index contributed by atoms with van der Waals surface area (Å²) >= 11 is 1.85. The third-order valence-corrected chi connectivity index (χ3v) is 12.6. The van der Waals surface area contributed by atoms with Gasteiger partial charge in [0.25, 0.3) is 0 Å². The maximum Gasteiger partial charge on any atom is 0.236 e. The SMILES string of the molecule is c1ccc(-c2nc(-n3c4ccccc4c4c5oc6c7ccccc7c(-c7ccc8c(c7)sc7ccccc78)cc6c5ccc43)nc3c2oc2ccccc23)cc1. The highest BCUT2D eigenvalue weighted by Crippen LogP contribution is 2.46. The molecule has 5 heterocycles. The molecule has 0 aliphatic rings. The summed E-state index contributed by atoms with van der Waals surface area (Å²) in [5.74, 6) is 0.578. The van der Waals surface area contributed by atoms with Crippen LogP contribution in [0.25, 0.3) is 125 Å². The minimum absolute atomic E-state index is 0.578. The van der Waals surface area contributed by atoms with Crippen molar-refractivity contribution in [3.63, 3.8) is 0 Å². The lowest BCUT2D eigenvalue weighted by atomic mass is 9.94. The van der Waals surface area contributed by atoms with Gasteiger partial charge < -0.3 is 8.83 Å². The molecule has 0 unspecified atom stereocenters. The number of furan rings is 2. The monoisotopic (exact) mass is 733 g/mol. The predicted octanol–water partition coefficient (Wildman–Crippen LogP) is 14.2. The van der Waals surface area contributed by atoms with Crippen LogP contribution in [0.3, 0.4) is 0 Å². The van der Waals surface area contributed by atoms with E-state index in [1.807, 2.05) is 47.7 Å². The molecule has 0 fully saturated rings. The van der Waals surface area contributed by atoms with E-state index in [9.17, 15) is 0 Å². The van der Waals surface area contributed by atoms with E-state index in [0.29, 0.717) is 11.5 Å². The van der Waals surface area contributed by atoms with Gasteiger partial charge >= 0.3 is 0 Å². The molecule has 0 aliphatic carbocycles. The molecule has 0 N–H and O–H groups in total. The van der Waals surface area contributed by atoms with E-state index in [1.165, 1.54) is 36.7 Å². The molecule has 56 heavy (non-hydrogen) atoms. The van der Waals surface area contributed by atoms with E-state index >= 15 is 0 Å². The third kappa shape index (κ3) is 4.08. The molecule has 0 atom stereocenters. The average molecular weight is 734 g/mol. The van der Waals surface area contributed by atoms with Crippen molar-refractivity contribution in [1.82, 2.24) is 14.5 Å². The van der Waals surface area contributed by atoms with Crippen LogP contribution < -0.4 is 0 Å². The maximum atomic E-state index is 7.08. The molecule has 0 spiro atoms. The topological polar surface area (TPSA) is 57.0 Å². The van der Waals surface area contributed by atoms with E-state index in [2.05, 4.69) is 132 Å². The van der Waals surface area contributed by atoms with Gasteiger partial charge in [0.1, 0.15) is 28.0 Å². The summed E-state index contributed by atoms with van der Waals surface area (Å²) < 4.78 is 18.3. The summed E-state index contributed by atoms with van der Waals surface area (Å²) in [4.78, 5) is 10.5. The molecule has 8 aromatic carbocycles. The second kappa shape index (κ2) is 11.1. The van der Waals surface area contributed by atoms with E-state index < -0.39 is 0 Å². The lowest BCUT2D eigenvalue weighted by molar-refractivity contribution is 0.666. The molecular formula is C50H27N3O2S. The highest BCUT2D eigenvalue weighted by Gasteiger charge is 2.24. The summed E-state index contributed by atoms with van der Waals surface area (Å²) in [6, 6.07) is 57.7. The number of rotatable bonds is 3. The number of fused-ring (bicyclic) bond motifs is 15. The van der Waals surface area contributed by atoms with Crippen LogP contribution >= 0.6 is 11.3 Å². The van der Waals surface area contributed by atoms with Crippen LogP contribution in [0, 0.1) is 0 Å². The fraction of sp³-hybridized carbons (Fsp3) is 0. The summed E-state index contributed by atoms with van der Waals surface area (Å²) in [5.41, 5.74) is 10.1. The third-order valence-electron chi connectivity index (χ3n) is 11.4. The minimum Gasteiger partial charge on any atom is -0.455 e. The number of thiophene rings is 1. The van der Waals surface area contributed by atoms with E-state index in [0.717, 1.165) is 76.9 Å². The zero-order chi connectivity index (χ0) is 36.5. The Bertz CT molecular complexity index is 3770. The second-order valence-electron chi connectivity index (χ2n) is 14.5. The zero-order valence-corrected chi connectivity index (χ0v) is 30.5. The average Bonchev–Trinajstić information content (AvgIpc) is 4.02. The summed E-state index contributed by atoms with van der Waals surface area (Å²) in [5, 5.41) is 10.1. The molecule has 0 saturated carbocycles. The molecular weight excluding hydrogens is 707 g/mol. The molecule has 5 aromatic heterocycles. The van der Waals surface area contributed by atoms with Crippen molar-refractivity contribution in [1.29, 1.82) is 0 Å². The van der Waals surface area contributed by atoms with Crippen molar-refractivity contribution in [2.75, 3.05) is 0 Å². The number of hydrogen-bond donors (Lipinski definition) is 0. The Morgan fingerprint density at radius 2 is 1.12 bits per heavy atom. The van der Waals surface area contributed by atoms with Gasteiger partial charge in [-0.05, 0) is 65.0 Å². The van der Waals surface area contributed by atoms with Gasteiger partial charge in [0.2, 0.25) is 5.95 Å². The summed E-state index contributed by atoms with van der Waals surface area (Å²) in [7, 11) is 0. The molecule has 0 radical (unpaired) electrons. The summed E-state index contributed by atoms with van der Waals surface area (Å²) in [6.45, 7) is 0. The fourth-order valence-corrected chi connectivity index (χ4v) is 10.1. The van der Waals surface area contributed by atoms with Gasteiger partial charge in [0.15, 0.2) is 5.58 Å². The van der Waals surface area contributed by atoms with Gasteiger partial charge in [-0.25, -0.2) is 9.97 Å². The first-order valence-electron chi connectivity index (χ1n) is 18.7. The zero-order valence-electron chi connectivity index (χ0n) is 29.7. The van der Waals surface area contributed by atoms with Crippen molar-refractivity contribution in [2.45, 2.75) is 0 Å². The Balaban J connectivity index is 1.10. The minimum atomic E-state index is 0.578. The van der Waals surface area contributed by atoms with Gasteiger partial charge in [0.05, 0.1) is 16.4 Å². The van der Waals surface area contributed by atoms with Crippen molar-refractivity contribution < 1.29 is 8.83 Å². The lowest BCUT2D eigenvalue weighted by Crippen LogP contribution is -2.02. The van der Waals surface area contributed by atoms with Gasteiger partial charge in [-0.15, -0.1) is 11.3 Å². The second-order valence-corrected chi connectivity index (χ2v) is 15.5. The Hall–Kier alpha value is -7.28. The van der Waals surface area contributed by atoms with Crippen molar-refractivity contribution in [3.8, 4) is 28.3 Å². The van der Waals surface area contributed by atoms with E-state index in [4.69, 9.17) is 18.8 Å². The van der Waals surface area contributed by atoms with Crippen LogP contribution in [0.1, 0.15) is 0 Å². The highest BCUT2D eigenvalue weighted by molar-refractivity contribution is 7.25. The first-order chi connectivity index (χ1) is 27.8. The van der Waals surface area contributed by atoms with Gasteiger partial charge in [-0.1, -0.05) is 115 Å². The molecule has 13 rings (SSSR count). The molecule has 0 amide bonds. The van der Waals surface area contributed by atoms with Crippen molar-refractivity contribution >= 4 is 108 Å². The molecule has 0 aliphatic heterocycles. The normalized spacial score (nSPS) is 12.3. The Kier molecular flexibility index (Phi) is 5.98. The first kappa shape index (κ1) is 30.1. The van der Waals surface area contributed by atoms with Gasteiger partial charge in [-0.3, -0.25) is 4.57 Å². The van der Waals surface area contributed by atoms with Gasteiger partial charge in [-0.2, -0.15) is 0 Å². The van der Waals surface area contributed by atoms with E-state index in [-0.39, 0.29) is 0 Å². The smallest absolute Gasteiger partial charge is 0.236 e. The Morgan fingerprint density at radius 3 is 2.02 bits per heavy atom. The Labute approximate surface area is 322 Å². The largest absolute Gasteiger partial charge is 0.455 e. The number of hydrogen-bond acceptors (Lipinski definition) is 5. The van der Waals surface area contributed by atoms with Crippen LogP contribution in [-0.4, -0.2) is 14.5 Å². The quantitative estimate of drug-likeness (QED) is 0.181. The number of nitrogens with zero attached hydrogens (tertiary/aromatic N) is 3. The number of para-hydroxylation sites is 2. The van der Waals surface area contributed by atoms with Crippen LogP contribution in [-0.2, 0) is 0 Å². The van der Waals surface area contributed by atoms with Gasteiger partial charge in [0, 0.05) is 52.7 Å². The van der Waals surface area contributed by atoms with E-state index in [1.54, 1.807) is 0 Å². The molecule has 13 aromatic rings. The Morgan fingerprint density at radius 1 is 0.429 bits per heavy atom. The molecule has 260 valence electrons. The highest BCUT2D eigenvalue weighted by atomic mass is 32.1. The van der Waals surface area contributed by atoms with Crippen LogP contribution in [0.15, 0.2) is 173 Å². The molecule has 5 nitrogen and oxygen atoms in total. The molecule has 0 bridgehead atoms. The standard InChI is InChI=1S/C50H27N3O2S/c1-2-12-28(13-3-1)45-49-46(36-18-7-10-20-41(36)54-49)52-50(51-45)53-39-19-9-6-17-35(39)44-40(53)25-24-34-38-27-37(30-14-4-5-16-33(30)47(38)55-48(34)44)29-22-23-32-31-15-8-11-21-42(31)56-43(32)26-29/h1-27H. The summed E-state index contributed by atoms with van der Waals surface area (Å²) in [6.07, 6.45) is 0.